The number of aromatic nitrogens is 1. The van der Waals surface area contributed by atoms with Crippen LogP contribution in [0.25, 0.3) is 0 Å². The van der Waals surface area contributed by atoms with Crippen LogP contribution in [0.4, 0.5) is 0 Å². The van der Waals surface area contributed by atoms with Crippen molar-refractivity contribution in [2.75, 3.05) is 33.7 Å². The molecule has 0 aliphatic heterocycles. The largest absolute Gasteiger partial charge is 0.481 e. The van der Waals surface area contributed by atoms with Crippen LogP contribution in [0.2, 0.25) is 0 Å². The summed E-state index contributed by atoms with van der Waals surface area (Å²) >= 11 is 1.66. The normalized spacial score (nSPS) is 35.4. The van der Waals surface area contributed by atoms with Crippen molar-refractivity contribution < 1.29 is 29.3 Å². The molecule has 5 aliphatic rings. The summed E-state index contributed by atoms with van der Waals surface area (Å²) < 4.78 is 6.17. The molecule has 0 spiro atoms. The Morgan fingerprint density at radius 1 is 1.00 bits per heavy atom. The lowest BCUT2D eigenvalue weighted by molar-refractivity contribution is -0.214. The Hall–Kier alpha value is -2.14. The third-order valence-corrected chi connectivity index (χ3v) is 16.6. The molecular formula is C44H69N3O6S. The number of aliphatic carboxylic acids is 1. The number of carbonyl (C=O) groups excluding carboxylic acids is 2. The molecule has 54 heavy (non-hydrogen) atoms. The highest BCUT2D eigenvalue weighted by atomic mass is 32.1. The maximum absolute atomic E-state index is 14.2. The van der Waals surface area contributed by atoms with Gasteiger partial charge in [0.1, 0.15) is 6.10 Å². The van der Waals surface area contributed by atoms with E-state index in [-0.39, 0.29) is 40.5 Å². The number of thiazole rings is 1. The predicted molar refractivity (Wildman–Crippen MR) is 213 cm³/mol. The summed E-state index contributed by atoms with van der Waals surface area (Å²) in [7, 11) is 4.18. The van der Waals surface area contributed by atoms with E-state index in [0.717, 1.165) is 76.6 Å². The number of hydrogen-bond acceptors (Lipinski definition) is 9. The Labute approximate surface area is 328 Å². The summed E-state index contributed by atoms with van der Waals surface area (Å²) in [6, 6.07) is 0. The molecule has 8 unspecified atom stereocenters. The average Bonchev–Trinajstić information content (AvgIpc) is 3.70. The summed E-state index contributed by atoms with van der Waals surface area (Å²) in [6.45, 7) is 20.2. The zero-order valence-electron chi connectivity index (χ0n) is 34.9. The fourth-order valence-corrected chi connectivity index (χ4v) is 13.8. The fourth-order valence-electron chi connectivity index (χ4n) is 13.1. The molecule has 0 radical (unpaired) electrons. The standard InChI is InChI=1S/C44H69N3O6S/c1-27(2)37-31(48)21-44(34(49)25-47(20-19-46(9)10)24-28-23-45-26-54-28)18-13-30-29(38(37)44)11-12-33-42(30,7)16-14-32-41(5,6)35(15-17-43(32,33)8)53-36(50)22-40(3,4)39(51)52/h23,26-27,29-30,32-35,49H,11-22,24-25H2,1-10H3,(H,51,52)/t29?,30?,32?,33?,34-,35?,42?,43?,44?/m0/s1. The summed E-state index contributed by atoms with van der Waals surface area (Å²) in [5.41, 5.74) is 2.51. The fraction of sp³-hybridized carbons (Fsp3) is 0.818. The Morgan fingerprint density at radius 3 is 2.33 bits per heavy atom. The number of carboxylic acid groups (broad SMARTS) is 1. The second-order valence-corrected chi connectivity index (χ2v) is 21.4. The molecule has 1 aromatic heterocycles. The van der Waals surface area contributed by atoms with Crippen molar-refractivity contribution in [3.8, 4) is 0 Å². The molecule has 0 aromatic carbocycles. The van der Waals surface area contributed by atoms with Crippen LogP contribution < -0.4 is 0 Å². The molecule has 2 N–H and O–H groups in total. The number of likely N-dealkylation sites (N-methyl/N-ethyl adjacent to an activating group) is 1. The SMILES string of the molecule is CC(C)C1=C2C3CCC4C(C)(CCC5C(C)(C)C(OC(=O)CC(C)(C)C(=O)O)CCC54C)C3CCC2([C@@H](O)CN(CCN(C)C)Cc2cncs2)CC1=O. The average molecular weight is 768 g/mol. The van der Waals surface area contributed by atoms with Gasteiger partial charge >= 0.3 is 11.9 Å². The molecule has 6 rings (SSSR count). The number of ether oxygens (including phenoxy) is 1. The van der Waals surface area contributed by atoms with Gasteiger partial charge in [0.05, 0.1) is 23.5 Å². The minimum absolute atomic E-state index is 0.0864. The van der Waals surface area contributed by atoms with Crippen molar-refractivity contribution in [1.82, 2.24) is 14.8 Å². The second-order valence-electron chi connectivity index (χ2n) is 20.4. The number of ketones is 1. The number of Topliss-reactive ketones (excluding diaryl/α,β-unsaturated/α-hetero) is 1. The lowest BCUT2D eigenvalue weighted by atomic mass is 9.36. The van der Waals surface area contributed by atoms with Crippen LogP contribution >= 0.6 is 11.3 Å². The van der Waals surface area contributed by atoms with E-state index in [9.17, 15) is 24.6 Å². The molecule has 5 aliphatic carbocycles. The van der Waals surface area contributed by atoms with Crippen LogP contribution in [-0.4, -0.2) is 88.7 Å². The topological polar surface area (TPSA) is 120 Å². The number of carboxylic acids is 1. The number of aliphatic hydroxyl groups excluding tert-OH is 1. The molecule has 10 heteroatoms. The van der Waals surface area contributed by atoms with Crippen LogP contribution in [0.15, 0.2) is 22.9 Å². The molecule has 1 heterocycles. The minimum Gasteiger partial charge on any atom is -0.481 e. The Kier molecular flexibility index (Phi) is 11.5. The monoisotopic (exact) mass is 767 g/mol. The van der Waals surface area contributed by atoms with Crippen LogP contribution in [0, 0.1) is 56.7 Å². The van der Waals surface area contributed by atoms with Crippen LogP contribution in [0.1, 0.15) is 124 Å². The predicted octanol–water partition coefficient (Wildman–Crippen LogP) is 7.87. The molecule has 0 bridgehead atoms. The van der Waals surface area contributed by atoms with Gasteiger partial charge in [-0.15, -0.1) is 11.3 Å². The number of hydrogen-bond donors (Lipinski definition) is 2. The van der Waals surface area contributed by atoms with Crippen LogP contribution in [0.5, 0.6) is 0 Å². The number of allylic oxidation sites excluding steroid dienone is 1. The highest BCUT2D eigenvalue weighted by Gasteiger charge is 2.67. The quantitative estimate of drug-likeness (QED) is 0.193. The number of carbonyl (C=O) groups is 3. The van der Waals surface area contributed by atoms with Crippen molar-refractivity contribution in [3.05, 3.63) is 27.7 Å². The van der Waals surface area contributed by atoms with Crippen molar-refractivity contribution in [3.63, 3.8) is 0 Å². The Morgan fingerprint density at radius 2 is 1.70 bits per heavy atom. The van der Waals surface area contributed by atoms with Crippen molar-refractivity contribution in [2.24, 2.45) is 56.7 Å². The molecule has 9 nitrogen and oxygen atoms in total. The number of esters is 1. The van der Waals surface area contributed by atoms with E-state index >= 15 is 0 Å². The van der Waals surface area contributed by atoms with Gasteiger partial charge in [-0.1, -0.05) is 47.1 Å². The highest BCUT2D eigenvalue weighted by molar-refractivity contribution is 7.09. The first kappa shape index (κ1) is 41.5. The van der Waals surface area contributed by atoms with E-state index < -0.39 is 28.9 Å². The molecular weight excluding hydrogens is 699 g/mol. The van der Waals surface area contributed by atoms with E-state index in [0.29, 0.717) is 36.6 Å². The van der Waals surface area contributed by atoms with Gasteiger partial charge in [-0.25, -0.2) is 0 Å². The first-order valence-corrected chi connectivity index (χ1v) is 21.7. The van der Waals surface area contributed by atoms with Crippen molar-refractivity contribution >= 4 is 29.1 Å². The molecule has 0 saturated heterocycles. The van der Waals surface area contributed by atoms with E-state index in [4.69, 9.17) is 4.74 Å². The third kappa shape index (κ3) is 7.17. The minimum atomic E-state index is -1.16. The van der Waals surface area contributed by atoms with Gasteiger partial charge in [0.2, 0.25) is 0 Å². The molecule has 302 valence electrons. The van der Waals surface area contributed by atoms with Crippen molar-refractivity contribution in [2.45, 2.75) is 138 Å². The summed E-state index contributed by atoms with van der Waals surface area (Å²) in [4.78, 5) is 49.1. The zero-order valence-corrected chi connectivity index (χ0v) is 35.7. The van der Waals surface area contributed by atoms with E-state index in [2.05, 4.69) is 70.4 Å². The third-order valence-electron chi connectivity index (χ3n) is 15.8. The van der Waals surface area contributed by atoms with Crippen LogP contribution in [-0.2, 0) is 25.7 Å². The molecule has 9 atom stereocenters. The molecule has 4 saturated carbocycles. The number of rotatable bonds is 13. The lowest BCUT2D eigenvalue weighted by Crippen LogP contribution is -2.63. The molecule has 1 aromatic rings. The molecule has 0 amide bonds. The summed E-state index contributed by atoms with van der Waals surface area (Å²) in [6.07, 6.45) is 9.37. The highest BCUT2D eigenvalue weighted by Crippen LogP contribution is 2.73. The summed E-state index contributed by atoms with van der Waals surface area (Å²) in [5.74, 6) is 0.647. The van der Waals surface area contributed by atoms with Gasteiger partial charge in [0, 0.05) is 54.5 Å². The van der Waals surface area contributed by atoms with Gasteiger partial charge in [0.15, 0.2) is 5.78 Å². The number of aliphatic hydroxyl groups is 1. The number of fused-ring (bicyclic) bond motifs is 7. The maximum Gasteiger partial charge on any atom is 0.309 e. The zero-order chi connectivity index (χ0) is 39.6. The van der Waals surface area contributed by atoms with Gasteiger partial charge in [-0.3, -0.25) is 24.3 Å². The van der Waals surface area contributed by atoms with E-state index in [1.165, 1.54) is 10.5 Å². The van der Waals surface area contributed by atoms with E-state index in [1.54, 1.807) is 25.2 Å². The van der Waals surface area contributed by atoms with Crippen molar-refractivity contribution in [1.29, 1.82) is 0 Å². The lowest BCUT2D eigenvalue weighted by Gasteiger charge is -2.69. The first-order valence-electron chi connectivity index (χ1n) is 20.8. The Bertz CT molecular complexity index is 1600. The smallest absolute Gasteiger partial charge is 0.309 e. The summed E-state index contributed by atoms with van der Waals surface area (Å²) in [5, 5.41) is 22.1. The van der Waals surface area contributed by atoms with E-state index in [1.807, 2.05) is 11.7 Å². The first-order chi connectivity index (χ1) is 25.2. The second kappa shape index (κ2) is 15.0. The van der Waals surface area contributed by atoms with Gasteiger partial charge < -0.3 is 19.8 Å². The van der Waals surface area contributed by atoms with Gasteiger partial charge in [0.25, 0.3) is 0 Å². The van der Waals surface area contributed by atoms with Gasteiger partial charge in [-0.05, 0) is 125 Å². The van der Waals surface area contributed by atoms with Crippen LogP contribution in [0.3, 0.4) is 0 Å². The molecule has 4 fully saturated rings. The maximum atomic E-state index is 14.2. The number of nitrogens with zero attached hydrogens (tertiary/aromatic N) is 3. The van der Waals surface area contributed by atoms with Gasteiger partial charge in [-0.2, -0.15) is 0 Å². The Balaban J connectivity index is 1.25.